The van der Waals surface area contributed by atoms with Crippen LogP contribution in [0.2, 0.25) is 0 Å². The van der Waals surface area contributed by atoms with Crippen molar-refractivity contribution in [1.82, 2.24) is 0 Å². The van der Waals surface area contributed by atoms with E-state index >= 15 is 0 Å². The summed E-state index contributed by atoms with van der Waals surface area (Å²) in [5.41, 5.74) is -0.118. The van der Waals surface area contributed by atoms with Gasteiger partial charge in [-0.1, -0.05) is 0 Å². The van der Waals surface area contributed by atoms with E-state index in [4.69, 9.17) is 9.15 Å². The molecule has 3 N–H and O–H groups in total. The van der Waals surface area contributed by atoms with Crippen molar-refractivity contribution in [2.24, 2.45) is 0 Å². The van der Waals surface area contributed by atoms with E-state index in [1.807, 2.05) is 0 Å². The van der Waals surface area contributed by atoms with Crippen LogP contribution in [0.1, 0.15) is 5.56 Å². The Balaban J connectivity index is 2.62. The Kier molecular flexibility index (Phi) is 2.69. The summed E-state index contributed by atoms with van der Waals surface area (Å²) >= 11 is 0. The van der Waals surface area contributed by atoms with Gasteiger partial charge >= 0.3 is 0 Å². The fourth-order valence-electron chi connectivity index (χ4n) is 2.38. The molecule has 1 aromatic heterocycles. The van der Waals surface area contributed by atoms with Gasteiger partial charge in [-0.25, -0.2) is 0 Å². The molecule has 6 nitrogen and oxygen atoms in total. The van der Waals surface area contributed by atoms with E-state index in [2.05, 4.69) is 0 Å². The molecule has 0 radical (unpaired) electrons. The molecule has 0 fully saturated rings. The van der Waals surface area contributed by atoms with Gasteiger partial charge in [0.05, 0.1) is 12.5 Å². The maximum Gasteiger partial charge on any atom is 0.204 e. The van der Waals surface area contributed by atoms with Crippen molar-refractivity contribution in [3.8, 4) is 23.0 Å². The molecule has 0 amide bonds. The second-order valence-electron chi connectivity index (χ2n) is 4.72. The van der Waals surface area contributed by atoms with Crippen molar-refractivity contribution in [1.29, 1.82) is 0 Å². The van der Waals surface area contributed by atoms with Gasteiger partial charge in [0, 0.05) is 12.1 Å². The van der Waals surface area contributed by atoms with Crippen molar-refractivity contribution < 1.29 is 24.5 Å². The predicted molar refractivity (Wildman–Crippen MR) is 76.3 cm³/mol. The summed E-state index contributed by atoms with van der Waals surface area (Å²) in [6.45, 7) is 1.60. The van der Waals surface area contributed by atoms with Crippen molar-refractivity contribution in [3.05, 3.63) is 34.0 Å². The second kappa shape index (κ2) is 4.31. The van der Waals surface area contributed by atoms with Crippen LogP contribution in [-0.4, -0.2) is 22.4 Å². The van der Waals surface area contributed by atoms with Crippen LogP contribution >= 0.6 is 0 Å². The minimum Gasteiger partial charge on any atom is -0.507 e. The molecule has 3 aromatic rings. The van der Waals surface area contributed by atoms with Crippen LogP contribution in [-0.2, 0) is 0 Å². The first kappa shape index (κ1) is 13.1. The second-order valence-corrected chi connectivity index (χ2v) is 4.72. The van der Waals surface area contributed by atoms with Gasteiger partial charge in [-0.15, -0.1) is 0 Å². The molecule has 6 heteroatoms. The lowest BCUT2D eigenvalue weighted by Crippen LogP contribution is -2.04. The molecule has 0 aliphatic carbocycles. The molecule has 0 aliphatic rings. The Morgan fingerprint density at radius 1 is 1.05 bits per heavy atom. The highest BCUT2D eigenvalue weighted by molar-refractivity contribution is 5.98. The van der Waals surface area contributed by atoms with Gasteiger partial charge in [-0.05, 0) is 18.6 Å². The first-order valence-corrected chi connectivity index (χ1v) is 6.13. The van der Waals surface area contributed by atoms with Gasteiger partial charge in [-0.3, -0.25) is 4.79 Å². The molecule has 0 unspecified atom stereocenters. The van der Waals surface area contributed by atoms with Crippen molar-refractivity contribution in [2.45, 2.75) is 6.92 Å². The molecular weight excluding hydrogens is 276 g/mol. The molecule has 0 saturated heterocycles. The SMILES string of the molecule is COc1cc(O)c2c(=O)c3c(C)cc(O)c(O)c3oc2c1. The van der Waals surface area contributed by atoms with E-state index in [-0.39, 0.29) is 33.4 Å². The first-order chi connectivity index (χ1) is 9.93. The van der Waals surface area contributed by atoms with E-state index < -0.39 is 11.2 Å². The fraction of sp³-hybridized carbons (Fsp3) is 0.133. The van der Waals surface area contributed by atoms with Crippen LogP contribution in [0.15, 0.2) is 27.4 Å². The van der Waals surface area contributed by atoms with Gasteiger partial charge in [0.2, 0.25) is 11.2 Å². The molecule has 1 heterocycles. The Morgan fingerprint density at radius 3 is 2.43 bits per heavy atom. The molecule has 21 heavy (non-hydrogen) atoms. The monoisotopic (exact) mass is 288 g/mol. The summed E-state index contributed by atoms with van der Waals surface area (Å²) in [6.07, 6.45) is 0. The molecule has 0 aliphatic heterocycles. The summed E-state index contributed by atoms with van der Waals surface area (Å²) < 4.78 is 10.5. The number of phenolic OH excluding ortho intramolecular Hbond substituents is 3. The zero-order valence-electron chi connectivity index (χ0n) is 11.3. The maximum atomic E-state index is 12.5. The first-order valence-electron chi connectivity index (χ1n) is 6.13. The number of aryl methyl sites for hydroxylation is 1. The van der Waals surface area contributed by atoms with E-state index in [9.17, 15) is 20.1 Å². The van der Waals surface area contributed by atoms with Gasteiger partial charge in [0.1, 0.15) is 22.5 Å². The Labute approximate surface area is 118 Å². The molecule has 2 aromatic carbocycles. The Morgan fingerprint density at radius 2 is 1.76 bits per heavy atom. The summed E-state index contributed by atoms with van der Waals surface area (Å²) in [7, 11) is 1.41. The molecule has 0 atom stereocenters. The standard InChI is InChI=1S/C15H12O6/c1-6-3-9(17)13(18)15-11(6)14(19)12-8(16)4-7(20-2)5-10(12)21-15/h3-5,16-18H,1-2H3. The zero-order chi connectivity index (χ0) is 15.3. The highest BCUT2D eigenvalue weighted by Crippen LogP contribution is 2.38. The number of fused-ring (bicyclic) bond motifs is 2. The molecule has 0 spiro atoms. The van der Waals surface area contributed by atoms with Crippen LogP contribution in [0, 0.1) is 6.92 Å². The third-order valence-corrected chi connectivity index (χ3v) is 3.39. The fourth-order valence-corrected chi connectivity index (χ4v) is 2.38. The van der Waals surface area contributed by atoms with E-state index in [1.54, 1.807) is 6.92 Å². The predicted octanol–water partition coefficient (Wildman–Crippen LogP) is 2.38. The molecule has 3 rings (SSSR count). The van der Waals surface area contributed by atoms with Crippen molar-refractivity contribution in [2.75, 3.05) is 7.11 Å². The average molecular weight is 288 g/mol. The number of hydrogen-bond acceptors (Lipinski definition) is 6. The summed E-state index contributed by atoms with van der Waals surface area (Å²) in [5.74, 6) is -0.864. The van der Waals surface area contributed by atoms with Crippen LogP contribution in [0.3, 0.4) is 0 Å². The van der Waals surface area contributed by atoms with Gasteiger partial charge < -0.3 is 24.5 Å². The summed E-state index contributed by atoms with van der Waals surface area (Å²) in [4.78, 5) is 12.5. The number of hydrogen-bond donors (Lipinski definition) is 3. The molecular formula is C15H12O6. The highest BCUT2D eigenvalue weighted by atomic mass is 16.5. The topological polar surface area (TPSA) is 100 Å². The highest BCUT2D eigenvalue weighted by Gasteiger charge is 2.19. The van der Waals surface area contributed by atoms with Gasteiger partial charge in [-0.2, -0.15) is 0 Å². The number of ether oxygens (including phenoxy) is 1. The number of benzene rings is 2. The Bertz CT molecular complexity index is 939. The molecule has 0 saturated carbocycles. The van der Waals surface area contributed by atoms with E-state index in [0.29, 0.717) is 11.3 Å². The minimum atomic E-state index is -0.517. The van der Waals surface area contributed by atoms with Crippen LogP contribution in [0.5, 0.6) is 23.0 Å². The maximum absolute atomic E-state index is 12.5. The van der Waals surface area contributed by atoms with Gasteiger partial charge in [0.25, 0.3) is 0 Å². The Hall–Kier alpha value is -2.89. The summed E-state index contributed by atoms with van der Waals surface area (Å²) in [6, 6.07) is 4.00. The largest absolute Gasteiger partial charge is 0.507 e. The minimum absolute atomic E-state index is 0.00325. The smallest absolute Gasteiger partial charge is 0.204 e. The lowest BCUT2D eigenvalue weighted by atomic mass is 10.1. The summed E-state index contributed by atoms with van der Waals surface area (Å²) in [5, 5.41) is 29.6. The molecule has 0 bridgehead atoms. The van der Waals surface area contributed by atoms with Crippen LogP contribution in [0.25, 0.3) is 21.9 Å². The third kappa shape index (κ3) is 1.76. The van der Waals surface area contributed by atoms with Crippen molar-refractivity contribution in [3.63, 3.8) is 0 Å². The number of methoxy groups -OCH3 is 1. The van der Waals surface area contributed by atoms with Crippen LogP contribution in [0.4, 0.5) is 0 Å². The molecule has 108 valence electrons. The van der Waals surface area contributed by atoms with E-state index in [0.717, 1.165) is 0 Å². The van der Waals surface area contributed by atoms with Crippen molar-refractivity contribution >= 4 is 21.9 Å². The average Bonchev–Trinajstić information content (AvgIpc) is 2.43. The third-order valence-electron chi connectivity index (χ3n) is 3.39. The quantitative estimate of drug-likeness (QED) is 0.469. The number of rotatable bonds is 1. The van der Waals surface area contributed by atoms with Crippen LogP contribution < -0.4 is 10.2 Å². The number of phenols is 3. The lowest BCUT2D eigenvalue weighted by molar-refractivity contribution is 0.399. The number of aromatic hydroxyl groups is 3. The lowest BCUT2D eigenvalue weighted by Gasteiger charge is -2.09. The normalized spacial score (nSPS) is 11.1. The van der Waals surface area contributed by atoms with Gasteiger partial charge in [0.15, 0.2) is 11.3 Å². The zero-order valence-corrected chi connectivity index (χ0v) is 11.3. The van der Waals surface area contributed by atoms with E-state index in [1.165, 1.54) is 25.3 Å².